The molecule has 1 aromatic rings. The second-order valence-corrected chi connectivity index (χ2v) is 2.55. The first-order valence-corrected chi connectivity index (χ1v) is 4.25. The van der Waals surface area contributed by atoms with E-state index < -0.39 is 0 Å². The average molecular weight is 165 g/mol. The van der Waals surface area contributed by atoms with Gasteiger partial charge in [0, 0.05) is 12.3 Å². The molecule has 0 aromatic carbocycles. The van der Waals surface area contributed by atoms with Gasteiger partial charge in [0.15, 0.2) is 0 Å². The Kier molecular flexibility index (Phi) is 4.13. The molecule has 3 nitrogen and oxygen atoms in total. The van der Waals surface area contributed by atoms with Crippen molar-refractivity contribution in [3.8, 4) is 5.88 Å². The maximum Gasteiger partial charge on any atom is 0.216 e. The molecule has 0 aliphatic rings. The quantitative estimate of drug-likeness (QED) is 0.624. The molecular formula is C9H13N2O. The molecule has 0 aliphatic heterocycles. The van der Waals surface area contributed by atoms with Crippen LogP contribution < -0.4 is 4.74 Å². The monoisotopic (exact) mass is 165 g/mol. The third kappa shape index (κ3) is 3.32. The van der Waals surface area contributed by atoms with Gasteiger partial charge in [-0.2, -0.15) is 4.98 Å². The molecule has 0 unspecified atom stereocenters. The summed E-state index contributed by atoms with van der Waals surface area (Å²) in [7, 11) is 0. The molecule has 1 aromatic heterocycles. The first kappa shape index (κ1) is 8.97. The maximum atomic E-state index is 5.33. The van der Waals surface area contributed by atoms with E-state index in [0.717, 1.165) is 13.0 Å². The van der Waals surface area contributed by atoms with Crippen molar-refractivity contribution in [2.45, 2.75) is 26.2 Å². The predicted octanol–water partition coefficient (Wildman–Crippen LogP) is 1.85. The van der Waals surface area contributed by atoms with Crippen LogP contribution in [0.1, 0.15) is 26.2 Å². The summed E-state index contributed by atoms with van der Waals surface area (Å²) in [5.41, 5.74) is 0. The molecule has 0 spiro atoms. The number of rotatable bonds is 5. The zero-order chi connectivity index (χ0) is 8.65. The van der Waals surface area contributed by atoms with E-state index in [-0.39, 0.29) is 0 Å². The third-order valence-corrected chi connectivity index (χ3v) is 1.51. The zero-order valence-corrected chi connectivity index (χ0v) is 7.29. The highest BCUT2D eigenvalue weighted by atomic mass is 16.5. The molecule has 0 N–H and O–H groups in total. The molecule has 0 aliphatic carbocycles. The second kappa shape index (κ2) is 5.52. The van der Waals surface area contributed by atoms with Crippen LogP contribution >= 0.6 is 0 Å². The lowest BCUT2D eigenvalue weighted by Crippen LogP contribution is -1.98. The van der Waals surface area contributed by atoms with E-state index in [9.17, 15) is 0 Å². The van der Waals surface area contributed by atoms with Crippen LogP contribution in [0.3, 0.4) is 0 Å². The van der Waals surface area contributed by atoms with Gasteiger partial charge in [-0.05, 0) is 6.42 Å². The van der Waals surface area contributed by atoms with Crippen molar-refractivity contribution in [3.05, 3.63) is 18.6 Å². The van der Waals surface area contributed by atoms with Crippen LogP contribution in [0.25, 0.3) is 0 Å². The largest absolute Gasteiger partial charge is 0.478 e. The van der Waals surface area contributed by atoms with Crippen LogP contribution in [-0.4, -0.2) is 16.6 Å². The van der Waals surface area contributed by atoms with Gasteiger partial charge >= 0.3 is 0 Å². The summed E-state index contributed by atoms with van der Waals surface area (Å²) in [6, 6.07) is 1.74. The van der Waals surface area contributed by atoms with Crippen LogP contribution in [0.5, 0.6) is 5.88 Å². The summed E-state index contributed by atoms with van der Waals surface area (Å²) >= 11 is 0. The van der Waals surface area contributed by atoms with Crippen molar-refractivity contribution >= 4 is 0 Å². The van der Waals surface area contributed by atoms with E-state index in [4.69, 9.17) is 4.74 Å². The average Bonchev–Trinajstić information content (AvgIpc) is 2.14. The number of hydrogen-bond donors (Lipinski definition) is 0. The Morgan fingerprint density at radius 2 is 2.42 bits per heavy atom. The standard InChI is InChI=1S/C9H13N2O/c1-2-3-4-7-12-9-5-6-10-8-11-9/h5-6H,2-4,7H2,1H3. The van der Waals surface area contributed by atoms with Crippen LogP contribution in [-0.2, 0) is 0 Å². The fraction of sp³-hybridized carbons (Fsp3) is 0.556. The Labute approximate surface area is 72.8 Å². The summed E-state index contributed by atoms with van der Waals surface area (Å²) in [4.78, 5) is 7.49. The van der Waals surface area contributed by atoms with Crippen molar-refractivity contribution in [1.29, 1.82) is 0 Å². The van der Waals surface area contributed by atoms with Crippen LogP contribution in [0.2, 0.25) is 0 Å². The molecule has 0 saturated heterocycles. The van der Waals surface area contributed by atoms with Crippen molar-refractivity contribution in [1.82, 2.24) is 9.97 Å². The molecule has 3 heteroatoms. The Morgan fingerprint density at radius 1 is 1.50 bits per heavy atom. The van der Waals surface area contributed by atoms with Crippen molar-refractivity contribution in [2.24, 2.45) is 0 Å². The first-order chi connectivity index (χ1) is 5.93. The molecule has 12 heavy (non-hydrogen) atoms. The van der Waals surface area contributed by atoms with Gasteiger partial charge in [0.25, 0.3) is 0 Å². The van der Waals surface area contributed by atoms with E-state index in [0.29, 0.717) is 5.88 Å². The van der Waals surface area contributed by atoms with E-state index in [2.05, 4.69) is 23.2 Å². The molecule has 1 rings (SSSR count). The second-order valence-electron chi connectivity index (χ2n) is 2.55. The van der Waals surface area contributed by atoms with Crippen LogP contribution in [0.4, 0.5) is 0 Å². The van der Waals surface area contributed by atoms with E-state index in [1.807, 2.05) is 0 Å². The molecule has 0 bridgehead atoms. The minimum atomic E-state index is 0.612. The lowest BCUT2D eigenvalue weighted by molar-refractivity contribution is 0.294. The summed E-state index contributed by atoms with van der Waals surface area (Å²) in [6.07, 6.45) is 7.60. The Balaban J connectivity index is 2.16. The third-order valence-electron chi connectivity index (χ3n) is 1.51. The summed E-state index contributed by atoms with van der Waals surface area (Å²) in [5, 5.41) is 0. The Morgan fingerprint density at radius 3 is 3.08 bits per heavy atom. The van der Waals surface area contributed by atoms with E-state index >= 15 is 0 Å². The van der Waals surface area contributed by atoms with Crippen LogP contribution in [0, 0.1) is 6.33 Å². The normalized spacial score (nSPS) is 9.75. The van der Waals surface area contributed by atoms with Gasteiger partial charge in [0.1, 0.15) is 0 Å². The number of unbranched alkanes of at least 4 members (excludes halogenated alkanes) is 2. The highest BCUT2D eigenvalue weighted by Gasteiger charge is 1.92. The number of ether oxygens (including phenoxy) is 1. The van der Waals surface area contributed by atoms with Gasteiger partial charge in [-0.3, -0.25) is 0 Å². The topological polar surface area (TPSA) is 35.0 Å². The highest BCUT2D eigenvalue weighted by Crippen LogP contribution is 2.02. The van der Waals surface area contributed by atoms with Gasteiger partial charge in [0.2, 0.25) is 12.2 Å². The fourth-order valence-electron chi connectivity index (χ4n) is 0.859. The number of nitrogens with zero attached hydrogens (tertiary/aromatic N) is 2. The van der Waals surface area contributed by atoms with Crippen molar-refractivity contribution < 1.29 is 4.74 Å². The summed E-state index contributed by atoms with van der Waals surface area (Å²) in [5.74, 6) is 0.612. The van der Waals surface area contributed by atoms with Gasteiger partial charge < -0.3 is 4.74 Å². The number of aromatic nitrogens is 2. The van der Waals surface area contributed by atoms with Gasteiger partial charge in [-0.1, -0.05) is 19.8 Å². The van der Waals surface area contributed by atoms with Gasteiger partial charge in [-0.25, -0.2) is 4.98 Å². The summed E-state index contributed by atoms with van der Waals surface area (Å²) < 4.78 is 5.33. The smallest absolute Gasteiger partial charge is 0.216 e. The van der Waals surface area contributed by atoms with E-state index in [1.165, 1.54) is 12.8 Å². The predicted molar refractivity (Wildman–Crippen MR) is 45.9 cm³/mol. The first-order valence-electron chi connectivity index (χ1n) is 4.25. The molecule has 1 radical (unpaired) electrons. The van der Waals surface area contributed by atoms with Crippen LogP contribution in [0.15, 0.2) is 12.3 Å². The number of hydrogen-bond acceptors (Lipinski definition) is 3. The zero-order valence-electron chi connectivity index (χ0n) is 7.29. The molecule has 0 amide bonds. The molecule has 65 valence electrons. The highest BCUT2D eigenvalue weighted by molar-refractivity contribution is 5.03. The SMILES string of the molecule is CCCCCOc1ccn[c]n1. The van der Waals surface area contributed by atoms with Gasteiger partial charge in [0.05, 0.1) is 6.61 Å². The molecule has 1 heterocycles. The molecule has 0 fully saturated rings. The van der Waals surface area contributed by atoms with E-state index in [1.54, 1.807) is 12.3 Å². The van der Waals surface area contributed by atoms with Gasteiger partial charge in [-0.15, -0.1) is 0 Å². The van der Waals surface area contributed by atoms with Crippen molar-refractivity contribution in [2.75, 3.05) is 6.61 Å². The Hall–Kier alpha value is -1.12. The minimum absolute atomic E-state index is 0.612. The summed E-state index contributed by atoms with van der Waals surface area (Å²) in [6.45, 7) is 2.90. The molecular weight excluding hydrogens is 152 g/mol. The molecule has 0 saturated carbocycles. The minimum Gasteiger partial charge on any atom is -0.478 e. The molecule has 0 atom stereocenters. The lowest BCUT2D eigenvalue weighted by Gasteiger charge is -2.02. The maximum absolute atomic E-state index is 5.33. The lowest BCUT2D eigenvalue weighted by atomic mass is 10.3. The fourth-order valence-corrected chi connectivity index (χ4v) is 0.859. The Bertz CT molecular complexity index is 201. The van der Waals surface area contributed by atoms with Crippen molar-refractivity contribution in [3.63, 3.8) is 0 Å².